The van der Waals surface area contributed by atoms with Crippen molar-refractivity contribution in [2.24, 2.45) is 0 Å². The first-order chi connectivity index (χ1) is 28.3. The summed E-state index contributed by atoms with van der Waals surface area (Å²) in [5.41, 5.74) is 15.3. The van der Waals surface area contributed by atoms with Crippen molar-refractivity contribution < 1.29 is 0 Å². The molecule has 0 atom stereocenters. The van der Waals surface area contributed by atoms with E-state index in [0.717, 1.165) is 17.1 Å². The van der Waals surface area contributed by atoms with Crippen molar-refractivity contribution >= 4 is 38.6 Å². The lowest BCUT2D eigenvalue weighted by Gasteiger charge is -2.27. The Labute approximate surface area is 334 Å². The largest absolute Gasteiger partial charge is 0.310 e. The van der Waals surface area contributed by atoms with Gasteiger partial charge in [-0.15, -0.1) is 0 Å². The molecule has 10 aromatic carbocycles. The van der Waals surface area contributed by atoms with Crippen molar-refractivity contribution in [1.29, 1.82) is 0 Å². The molecule has 0 unspecified atom stereocenters. The van der Waals surface area contributed by atoms with E-state index in [2.05, 4.69) is 241 Å². The monoisotopic (exact) mass is 725 g/mol. The van der Waals surface area contributed by atoms with Crippen LogP contribution in [0.3, 0.4) is 0 Å². The van der Waals surface area contributed by atoms with Crippen molar-refractivity contribution in [2.75, 3.05) is 4.90 Å². The van der Waals surface area contributed by atoms with Gasteiger partial charge in [0.05, 0.1) is 0 Å². The molecule has 0 aliphatic heterocycles. The van der Waals surface area contributed by atoms with Crippen molar-refractivity contribution in [1.82, 2.24) is 0 Å². The van der Waals surface area contributed by atoms with Crippen LogP contribution in [0.1, 0.15) is 0 Å². The topological polar surface area (TPSA) is 3.24 Å². The second-order valence-corrected chi connectivity index (χ2v) is 14.5. The lowest BCUT2D eigenvalue weighted by Crippen LogP contribution is -2.10. The van der Waals surface area contributed by atoms with E-state index < -0.39 is 0 Å². The highest BCUT2D eigenvalue weighted by Gasteiger charge is 2.18. The molecule has 0 N–H and O–H groups in total. The molecular formula is C56H39N. The summed E-state index contributed by atoms with van der Waals surface area (Å²) in [5, 5.41) is 5.04. The van der Waals surface area contributed by atoms with Crippen molar-refractivity contribution in [2.45, 2.75) is 0 Å². The maximum Gasteiger partial charge on any atom is 0.0467 e. The second kappa shape index (κ2) is 15.0. The molecule has 268 valence electrons. The number of hydrogen-bond acceptors (Lipinski definition) is 1. The molecule has 1 nitrogen and oxygen atoms in total. The maximum absolute atomic E-state index is 2.38. The molecule has 0 saturated heterocycles. The average Bonchev–Trinajstić information content (AvgIpc) is 3.30. The first-order valence-electron chi connectivity index (χ1n) is 19.6. The van der Waals surface area contributed by atoms with Gasteiger partial charge in [-0.1, -0.05) is 194 Å². The van der Waals surface area contributed by atoms with E-state index in [1.54, 1.807) is 0 Å². The Morgan fingerprint density at radius 2 is 0.684 bits per heavy atom. The smallest absolute Gasteiger partial charge is 0.0467 e. The third-order valence-corrected chi connectivity index (χ3v) is 11.1. The minimum atomic E-state index is 1.09. The SMILES string of the molecule is c1ccc(-c2ccc(N(c3ccc(-c4c(-c5ccccc5)cccc4-c4ccccc4)cc3)c3cccc(-c4cc5ccccc5c5ccccc45)c3)cc2)cc1. The Balaban J connectivity index is 1.12. The van der Waals surface area contributed by atoms with Gasteiger partial charge in [-0.2, -0.15) is 0 Å². The highest BCUT2D eigenvalue weighted by molar-refractivity contribution is 6.14. The fourth-order valence-electron chi connectivity index (χ4n) is 8.34. The number of anilines is 3. The van der Waals surface area contributed by atoms with Crippen molar-refractivity contribution in [3.63, 3.8) is 0 Å². The van der Waals surface area contributed by atoms with Gasteiger partial charge < -0.3 is 4.90 Å². The van der Waals surface area contributed by atoms with E-state index in [-0.39, 0.29) is 0 Å². The zero-order chi connectivity index (χ0) is 38.0. The van der Waals surface area contributed by atoms with Gasteiger partial charge in [-0.25, -0.2) is 0 Å². The van der Waals surface area contributed by atoms with Crippen LogP contribution in [0.25, 0.3) is 77.2 Å². The van der Waals surface area contributed by atoms with Gasteiger partial charge in [0.25, 0.3) is 0 Å². The molecule has 0 aromatic heterocycles. The fraction of sp³-hybridized carbons (Fsp3) is 0. The highest BCUT2D eigenvalue weighted by Crippen LogP contribution is 2.43. The standard InChI is InChI=1S/C56H39N/c1-4-16-40(17-5-1)41-30-34-47(35-31-41)57(49-24-14-23-45(38-49)55-39-46-22-10-11-25-50(46)53-26-12-13-27-54(53)55)48-36-32-44(33-37-48)56-51(42-18-6-2-7-19-42)28-15-29-52(56)43-20-8-3-9-21-43/h1-39H. The van der Waals surface area contributed by atoms with Gasteiger partial charge in [-0.3, -0.25) is 0 Å². The van der Waals surface area contributed by atoms with Gasteiger partial charge in [-0.05, 0) is 120 Å². The number of fused-ring (bicyclic) bond motifs is 3. The van der Waals surface area contributed by atoms with Gasteiger partial charge >= 0.3 is 0 Å². The van der Waals surface area contributed by atoms with Crippen LogP contribution in [-0.2, 0) is 0 Å². The Kier molecular flexibility index (Phi) is 8.95. The van der Waals surface area contributed by atoms with Crippen LogP contribution in [0, 0.1) is 0 Å². The van der Waals surface area contributed by atoms with Gasteiger partial charge in [0.1, 0.15) is 0 Å². The molecule has 57 heavy (non-hydrogen) atoms. The van der Waals surface area contributed by atoms with Crippen LogP contribution >= 0.6 is 0 Å². The van der Waals surface area contributed by atoms with E-state index in [1.165, 1.54) is 77.2 Å². The molecule has 0 spiro atoms. The molecule has 0 amide bonds. The van der Waals surface area contributed by atoms with Crippen LogP contribution in [0.4, 0.5) is 17.1 Å². The quantitative estimate of drug-likeness (QED) is 0.141. The average molecular weight is 726 g/mol. The molecule has 0 heterocycles. The van der Waals surface area contributed by atoms with Crippen LogP contribution in [0.15, 0.2) is 237 Å². The molecule has 0 aliphatic rings. The van der Waals surface area contributed by atoms with E-state index in [0.29, 0.717) is 0 Å². The summed E-state index contributed by atoms with van der Waals surface area (Å²) >= 11 is 0. The van der Waals surface area contributed by atoms with Crippen molar-refractivity contribution in [3.8, 4) is 55.6 Å². The summed E-state index contributed by atoms with van der Waals surface area (Å²) in [5.74, 6) is 0. The van der Waals surface area contributed by atoms with E-state index in [9.17, 15) is 0 Å². The molecule has 0 aliphatic carbocycles. The predicted octanol–water partition coefficient (Wildman–Crippen LogP) is 15.8. The molecule has 1 heteroatoms. The molecule has 0 fully saturated rings. The lowest BCUT2D eigenvalue weighted by atomic mass is 9.87. The maximum atomic E-state index is 2.38. The molecule has 0 radical (unpaired) electrons. The zero-order valence-corrected chi connectivity index (χ0v) is 31.5. The summed E-state index contributed by atoms with van der Waals surface area (Å²) in [6, 6.07) is 85.6. The molecule has 0 saturated carbocycles. The molecule has 10 rings (SSSR count). The van der Waals surface area contributed by atoms with E-state index in [1.807, 2.05) is 0 Å². The molecule has 10 aromatic rings. The van der Waals surface area contributed by atoms with Crippen molar-refractivity contribution in [3.05, 3.63) is 237 Å². The first kappa shape index (κ1) is 34.0. The van der Waals surface area contributed by atoms with Crippen LogP contribution in [-0.4, -0.2) is 0 Å². The van der Waals surface area contributed by atoms with E-state index >= 15 is 0 Å². The Hall–Kier alpha value is -7.48. The number of benzene rings is 10. The summed E-state index contributed by atoms with van der Waals surface area (Å²) in [6.45, 7) is 0. The summed E-state index contributed by atoms with van der Waals surface area (Å²) < 4.78 is 0. The Morgan fingerprint density at radius 1 is 0.228 bits per heavy atom. The van der Waals surface area contributed by atoms with Gasteiger partial charge in [0.2, 0.25) is 0 Å². The second-order valence-electron chi connectivity index (χ2n) is 14.5. The number of nitrogens with zero attached hydrogens (tertiary/aromatic N) is 1. The number of rotatable bonds is 8. The minimum absolute atomic E-state index is 1.09. The minimum Gasteiger partial charge on any atom is -0.310 e. The van der Waals surface area contributed by atoms with Crippen LogP contribution in [0.5, 0.6) is 0 Å². The van der Waals surface area contributed by atoms with E-state index in [4.69, 9.17) is 0 Å². The van der Waals surface area contributed by atoms with Crippen LogP contribution < -0.4 is 4.90 Å². The third-order valence-electron chi connectivity index (χ3n) is 11.1. The number of hydrogen-bond donors (Lipinski definition) is 0. The normalized spacial score (nSPS) is 11.2. The van der Waals surface area contributed by atoms with Gasteiger partial charge in [0, 0.05) is 17.1 Å². The predicted molar refractivity (Wildman–Crippen MR) is 243 cm³/mol. The van der Waals surface area contributed by atoms with Crippen LogP contribution in [0.2, 0.25) is 0 Å². The summed E-state index contributed by atoms with van der Waals surface area (Å²) in [7, 11) is 0. The molecule has 0 bridgehead atoms. The zero-order valence-electron chi connectivity index (χ0n) is 31.5. The first-order valence-corrected chi connectivity index (χ1v) is 19.6. The Bertz CT molecular complexity index is 2910. The fourth-order valence-corrected chi connectivity index (χ4v) is 8.34. The molecular weight excluding hydrogens is 687 g/mol. The Morgan fingerprint density at radius 3 is 1.30 bits per heavy atom. The summed E-state index contributed by atoms with van der Waals surface area (Å²) in [6.07, 6.45) is 0. The summed E-state index contributed by atoms with van der Waals surface area (Å²) in [4.78, 5) is 2.38. The lowest BCUT2D eigenvalue weighted by molar-refractivity contribution is 1.28. The highest BCUT2D eigenvalue weighted by atomic mass is 15.1. The van der Waals surface area contributed by atoms with Gasteiger partial charge in [0.15, 0.2) is 0 Å². The third kappa shape index (κ3) is 6.56.